The third-order valence-corrected chi connectivity index (χ3v) is 5.33. The molecule has 2 amide bonds. The Labute approximate surface area is 142 Å². The number of likely N-dealkylation sites (tertiary alicyclic amines) is 1. The maximum atomic E-state index is 12.8. The molecule has 3 heterocycles. The molecule has 3 atom stereocenters. The lowest BCUT2D eigenvalue weighted by Gasteiger charge is -2.40. The summed E-state index contributed by atoms with van der Waals surface area (Å²) in [4.78, 5) is 21.1. The van der Waals surface area contributed by atoms with Crippen LogP contribution in [0.15, 0.2) is 24.4 Å². The van der Waals surface area contributed by atoms with E-state index in [1.165, 1.54) is 0 Å². The Morgan fingerprint density at radius 3 is 2.92 bits per heavy atom. The van der Waals surface area contributed by atoms with E-state index < -0.39 is 0 Å². The number of urea groups is 1. The van der Waals surface area contributed by atoms with Crippen LogP contribution in [-0.4, -0.2) is 65.3 Å². The van der Waals surface area contributed by atoms with Gasteiger partial charge in [0.05, 0.1) is 31.1 Å². The zero-order chi connectivity index (χ0) is 16.4. The lowest BCUT2D eigenvalue weighted by atomic mass is 10.1. The summed E-state index contributed by atoms with van der Waals surface area (Å²) in [5, 5.41) is 0. The summed E-state index contributed by atoms with van der Waals surface area (Å²) in [6.07, 6.45) is 5.97. The van der Waals surface area contributed by atoms with Gasteiger partial charge in [0.1, 0.15) is 6.10 Å². The number of pyridine rings is 1. The molecule has 1 aromatic rings. The fraction of sp³-hybridized carbons (Fsp3) is 0.667. The number of ether oxygens (including phenoxy) is 2. The quantitative estimate of drug-likeness (QED) is 0.851. The van der Waals surface area contributed by atoms with Gasteiger partial charge in [0, 0.05) is 25.8 Å². The maximum absolute atomic E-state index is 12.8. The second kappa shape index (κ2) is 7.07. The minimum Gasteiger partial charge on any atom is -0.372 e. The molecule has 0 N–H and O–H groups in total. The van der Waals surface area contributed by atoms with E-state index in [-0.39, 0.29) is 24.3 Å². The van der Waals surface area contributed by atoms with E-state index >= 15 is 0 Å². The molecule has 4 rings (SSSR count). The van der Waals surface area contributed by atoms with Crippen LogP contribution in [0.5, 0.6) is 0 Å². The number of carbonyl (C=O) groups excluding carboxylic acids is 1. The van der Waals surface area contributed by atoms with Crippen molar-refractivity contribution < 1.29 is 14.3 Å². The number of rotatable bonds is 3. The molecule has 0 radical (unpaired) electrons. The second-order valence-corrected chi connectivity index (χ2v) is 6.82. The van der Waals surface area contributed by atoms with Gasteiger partial charge in [0.25, 0.3) is 0 Å². The van der Waals surface area contributed by atoms with Crippen molar-refractivity contribution in [1.29, 1.82) is 0 Å². The van der Waals surface area contributed by atoms with Crippen molar-refractivity contribution in [3.05, 3.63) is 30.1 Å². The maximum Gasteiger partial charge on any atom is 0.320 e. The minimum atomic E-state index is -0.00554. The highest BCUT2D eigenvalue weighted by Crippen LogP contribution is 2.33. The largest absolute Gasteiger partial charge is 0.372 e. The van der Waals surface area contributed by atoms with Crippen LogP contribution >= 0.6 is 0 Å². The second-order valence-electron chi connectivity index (χ2n) is 6.82. The molecule has 130 valence electrons. The van der Waals surface area contributed by atoms with Gasteiger partial charge in [-0.1, -0.05) is 6.07 Å². The van der Waals surface area contributed by atoms with Crippen molar-refractivity contribution in [2.45, 2.75) is 50.5 Å². The summed E-state index contributed by atoms with van der Waals surface area (Å²) in [6, 6.07) is 6.19. The molecule has 1 aromatic heterocycles. The molecule has 24 heavy (non-hydrogen) atoms. The van der Waals surface area contributed by atoms with Crippen LogP contribution in [-0.2, 0) is 16.1 Å². The molecule has 2 aliphatic heterocycles. The lowest BCUT2D eigenvalue weighted by Crippen LogP contribution is -2.56. The molecule has 6 nitrogen and oxygen atoms in total. The van der Waals surface area contributed by atoms with Crippen LogP contribution in [0.25, 0.3) is 0 Å². The normalized spacial score (nSPS) is 29.8. The Morgan fingerprint density at radius 2 is 2.12 bits per heavy atom. The van der Waals surface area contributed by atoms with Crippen LogP contribution in [0.1, 0.15) is 31.4 Å². The number of amides is 2. The van der Waals surface area contributed by atoms with Crippen LogP contribution in [0.4, 0.5) is 4.79 Å². The van der Waals surface area contributed by atoms with E-state index in [0.717, 1.165) is 44.5 Å². The summed E-state index contributed by atoms with van der Waals surface area (Å²) in [7, 11) is 0. The molecule has 1 saturated carbocycles. The van der Waals surface area contributed by atoms with Gasteiger partial charge in [-0.25, -0.2) is 4.79 Å². The molecule has 0 aromatic carbocycles. The molecule has 0 bridgehead atoms. The van der Waals surface area contributed by atoms with Crippen LogP contribution in [0, 0.1) is 0 Å². The van der Waals surface area contributed by atoms with E-state index in [4.69, 9.17) is 9.47 Å². The van der Waals surface area contributed by atoms with Gasteiger partial charge >= 0.3 is 6.03 Å². The van der Waals surface area contributed by atoms with Crippen LogP contribution < -0.4 is 0 Å². The van der Waals surface area contributed by atoms with Crippen LogP contribution in [0.3, 0.4) is 0 Å². The molecular formula is C18H25N3O3. The van der Waals surface area contributed by atoms with Crippen molar-refractivity contribution in [1.82, 2.24) is 14.8 Å². The van der Waals surface area contributed by atoms with Gasteiger partial charge in [0.15, 0.2) is 0 Å². The average molecular weight is 331 g/mol. The van der Waals surface area contributed by atoms with Crippen LogP contribution in [0.2, 0.25) is 0 Å². The first kappa shape index (κ1) is 15.8. The summed E-state index contributed by atoms with van der Waals surface area (Å²) >= 11 is 0. The predicted octanol–water partition coefficient (Wildman–Crippen LogP) is 2.05. The van der Waals surface area contributed by atoms with Gasteiger partial charge in [-0.3, -0.25) is 4.98 Å². The molecule has 3 fully saturated rings. The highest BCUT2D eigenvalue weighted by molar-refractivity contribution is 5.75. The van der Waals surface area contributed by atoms with E-state index in [0.29, 0.717) is 19.8 Å². The Bertz CT molecular complexity index is 562. The fourth-order valence-corrected chi connectivity index (χ4v) is 4.10. The number of nitrogens with zero attached hydrogens (tertiary/aromatic N) is 3. The van der Waals surface area contributed by atoms with Gasteiger partial charge < -0.3 is 19.3 Å². The molecule has 6 heteroatoms. The first-order valence-corrected chi connectivity index (χ1v) is 9.01. The smallest absolute Gasteiger partial charge is 0.320 e. The summed E-state index contributed by atoms with van der Waals surface area (Å²) in [6.45, 7) is 3.59. The predicted molar refractivity (Wildman–Crippen MR) is 88.5 cm³/mol. The van der Waals surface area contributed by atoms with E-state index in [1.54, 1.807) is 6.20 Å². The zero-order valence-electron chi connectivity index (χ0n) is 14.0. The molecule has 3 aliphatic rings. The zero-order valence-corrected chi connectivity index (χ0v) is 14.0. The summed E-state index contributed by atoms with van der Waals surface area (Å²) in [5.41, 5.74) is 0.932. The number of fused-ring (bicyclic) bond motifs is 1. The highest BCUT2D eigenvalue weighted by Gasteiger charge is 2.46. The molecule has 0 unspecified atom stereocenters. The standard InChI is InChI=1S/C18H25N3O3/c22-18(20-9-3-4-10-20)21-11-12-23-17-15(21)6-7-16(17)24-13-14-5-1-2-8-19-14/h1-2,5,8,15-17H,3-4,6-7,9-13H2/t15-,16+,17+/m1/s1. The number of morpholine rings is 1. The van der Waals surface area contributed by atoms with E-state index in [1.807, 2.05) is 28.0 Å². The van der Waals surface area contributed by atoms with Crippen molar-refractivity contribution in [2.24, 2.45) is 0 Å². The fourth-order valence-electron chi connectivity index (χ4n) is 4.10. The molecule has 0 spiro atoms. The van der Waals surface area contributed by atoms with Gasteiger partial charge in [-0.05, 0) is 37.8 Å². The van der Waals surface area contributed by atoms with Crippen molar-refractivity contribution >= 4 is 6.03 Å². The molecular weight excluding hydrogens is 306 g/mol. The highest BCUT2D eigenvalue weighted by atomic mass is 16.5. The van der Waals surface area contributed by atoms with E-state index in [2.05, 4.69) is 4.98 Å². The van der Waals surface area contributed by atoms with Crippen molar-refractivity contribution in [2.75, 3.05) is 26.2 Å². The monoisotopic (exact) mass is 331 g/mol. The SMILES string of the molecule is O=C(N1CCCC1)N1CCO[C@@H]2[C@@H](OCc3ccccn3)CC[C@H]21. The number of hydrogen-bond donors (Lipinski definition) is 0. The number of hydrogen-bond acceptors (Lipinski definition) is 4. The average Bonchev–Trinajstić information content (AvgIpc) is 3.30. The number of carbonyl (C=O) groups is 1. The Morgan fingerprint density at radius 1 is 1.25 bits per heavy atom. The Hall–Kier alpha value is -1.66. The first-order valence-electron chi connectivity index (χ1n) is 9.01. The minimum absolute atomic E-state index is 0.00554. The van der Waals surface area contributed by atoms with Crippen molar-refractivity contribution in [3.8, 4) is 0 Å². The van der Waals surface area contributed by atoms with Gasteiger partial charge in [-0.2, -0.15) is 0 Å². The summed E-state index contributed by atoms with van der Waals surface area (Å²) < 4.78 is 12.1. The van der Waals surface area contributed by atoms with E-state index in [9.17, 15) is 4.79 Å². The Kier molecular flexibility index (Phi) is 4.67. The van der Waals surface area contributed by atoms with Gasteiger partial charge in [-0.15, -0.1) is 0 Å². The topological polar surface area (TPSA) is 54.9 Å². The molecule has 1 aliphatic carbocycles. The number of aromatic nitrogens is 1. The first-order chi connectivity index (χ1) is 11.8. The molecule has 2 saturated heterocycles. The third kappa shape index (κ3) is 3.13. The van der Waals surface area contributed by atoms with Gasteiger partial charge in [0.2, 0.25) is 0 Å². The summed E-state index contributed by atoms with van der Waals surface area (Å²) in [5.74, 6) is 0. The lowest BCUT2D eigenvalue weighted by molar-refractivity contribution is -0.109. The Balaban J connectivity index is 1.38. The van der Waals surface area contributed by atoms with Crippen molar-refractivity contribution in [3.63, 3.8) is 0 Å². The third-order valence-electron chi connectivity index (χ3n) is 5.33.